The minimum Gasteiger partial charge on any atom is -0.493 e. The van der Waals surface area contributed by atoms with Crippen LogP contribution in [0.1, 0.15) is 65.1 Å². The number of benzene rings is 3. The van der Waals surface area contributed by atoms with E-state index in [1.165, 1.54) is 0 Å². The van der Waals surface area contributed by atoms with Gasteiger partial charge in [0, 0.05) is 28.5 Å². The number of nitrogens with one attached hydrogen (secondary N) is 1. The van der Waals surface area contributed by atoms with Gasteiger partial charge in [0.15, 0.2) is 0 Å². The van der Waals surface area contributed by atoms with E-state index in [1.807, 2.05) is 60.7 Å². The van der Waals surface area contributed by atoms with Crippen LogP contribution < -0.4 is 14.8 Å². The van der Waals surface area contributed by atoms with Crippen LogP contribution >= 0.6 is 22.6 Å². The normalized spacial score (nSPS) is 16.0. The van der Waals surface area contributed by atoms with Gasteiger partial charge < -0.3 is 25.0 Å². The van der Waals surface area contributed by atoms with Gasteiger partial charge in [-0.25, -0.2) is 0 Å². The molecule has 0 unspecified atom stereocenters. The predicted molar refractivity (Wildman–Crippen MR) is 158 cm³/mol. The molecule has 9 heteroatoms. The van der Waals surface area contributed by atoms with Crippen LogP contribution in [0.25, 0.3) is 0 Å². The maximum absolute atomic E-state index is 12.8. The Kier molecular flexibility index (Phi) is 10.4. The van der Waals surface area contributed by atoms with Crippen LogP contribution in [0, 0.1) is 3.57 Å². The van der Waals surface area contributed by atoms with E-state index in [2.05, 4.69) is 27.9 Å². The van der Waals surface area contributed by atoms with Gasteiger partial charge >= 0.3 is 11.9 Å². The molecular weight excluding hydrogens is 625 g/mol. The van der Waals surface area contributed by atoms with Gasteiger partial charge in [-0.3, -0.25) is 14.4 Å². The highest BCUT2D eigenvalue weighted by molar-refractivity contribution is 14.1. The smallest absolute Gasteiger partial charge is 0.303 e. The Morgan fingerprint density at radius 1 is 0.925 bits per heavy atom. The average Bonchev–Trinajstić information content (AvgIpc) is 2.90. The fourth-order valence-electron chi connectivity index (χ4n) is 4.76. The van der Waals surface area contributed by atoms with Crippen molar-refractivity contribution < 1.29 is 34.1 Å². The zero-order valence-electron chi connectivity index (χ0n) is 22.0. The van der Waals surface area contributed by atoms with E-state index in [4.69, 9.17) is 14.6 Å². The number of hydrogen-bond acceptors (Lipinski definition) is 5. The Morgan fingerprint density at radius 2 is 1.68 bits per heavy atom. The molecule has 4 rings (SSSR count). The molecule has 0 heterocycles. The van der Waals surface area contributed by atoms with Gasteiger partial charge in [-0.05, 0) is 95.1 Å². The number of carboxylic acid groups (broad SMARTS) is 2. The van der Waals surface area contributed by atoms with E-state index in [0.29, 0.717) is 36.4 Å². The van der Waals surface area contributed by atoms with E-state index in [1.54, 1.807) is 6.07 Å². The van der Waals surface area contributed by atoms with Crippen molar-refractivity contribution in [1.82, 2.24) is 5.32 Å². The molecule has 0 bridgehead atoms. The van der Waals surface area contributed by atoms with Gasteiger partial charge in [0.25, 0.3) is 5.91 Å². The van der Waals surface area contributed by atoms with Gasteiger partial charge in [-0.2, -0.15) is 0 Å². The third-order valence-corrected chi connectivity index (χ3v) is 7.44. The predicted octanol–water partition coefficient (Wildman–Crippen LogP) is 5.81. The quantitative estimate of drug-likeness (QED) is 0.148. The lowest BCUT2D eigenvalue weighted by Gasteiger charge is -2.37. The number of amides is 1. The number of ether oxygens (including phenoxy) is 2. The molecule has 210 valence electrons. The Hall–Kier alpha value is -3.60. The number of carboxylic acids is 2. The minimum atomic E-state index is -0.885. The van der Waals surface area contributed by atoms with Crippen LogP contribution in [-0.4, -0.2) is 40.8 Å². The highest BCUT2D eigenvalue weighted by atomic mass is 127. The first-order valence-corrected chi connectivity index (χ1v) is 14.3. The SMILES string of the molecule is O=C(O)CCCOc1cccc(C2CC(Oc3cc(I)cc(C(=O)NCc4ccccc4)c3)C2)c1CCC(=O)O. The Morgan fingerprint density at radius 3 is 2.40 bits per heavy atom. The molecular formula is C31H32INO7. The van der Waals surface area contributed by atoms with Crippen LogP contribution in [0.5, 0.6) is 11.5 Å². The van der Waals surface area contributed by atoms with Crippen LogP contribution in [0.4, 0.5) is 0 Å². The molecule has 1 aliphatic carbocycles. The van der Waals surface area contributed by atoms with Crippen LogP contribution in [0.3, 0.4) is 0 Å². The molecule has 0 atom stereocenters. The molecule has 3 N–H and O–H groups in total. The summed E-state index contributed by atoms with van der Waals surface area (Å²) in [6.45, 7) is 0.693. The zero-order valence-corrected chi connectivity index (χ0v) is 24.1. The number of rotatable bonds is 14. The molecule has 40 heavy (non-hydrogen) atoms. The Balaban J connectivity index is 1.38. The fourth-order valence-corrected chi connectivity index (χ4v) is 5.40. The highest BCUT2D eigenvalue weighted by Crippen LogP contribution is 2.43. The molecule has 1 amide bonds. The number of carbonyl (C=O) groups is 3. The summed E-state index contributed by atoms with van der Waals surface area (Å²) in [5.41, 5.74) is 3.46. The second kappa shape index (κ2) is 14.2. The van der Waals surface area contributed by atoms with Crippen molar-refractivity contribution in [2.24, 2.45) is 0 Å². The number of halogens is 1. The topological polar surface area (TPSA) is 122 Å². The third-order valence-electron chi connectivity index (χ3n) is 6.82. The first-order chi connectivity index (χ1) is 19.3. The maximum atomic E-state index is 12.8. The molecule has 1 saturated carbocycles. The minimum absolute atomic E-state index is 0.0145. The summed E-state index contributed by atoms with van der Waals surface area (Å²) in [7, 11) is 0. The van der Waals surface area contributed by atoms with Crippen LogP contribution in [0.15, 0.2) is 66.7 Å². The number of carbonyl (C=O) groups excluding carboxylic acids is 1. The summed E-state index contributed by atoms with van der Waals surface area (Å²) in [6, 6.07) is 20.9. The van der Waals surface area contributed by atoms with Crippen molar-refractivity contribution in [3.63, 3.8) is 0 Å². The summed E-state index contributed by atoms with van der Waals surface area (Å²) in [5.74, 6) is -0.491. The van der Waals surface area contributed by atoms with Crippen LogP contribution in [0.2, 0.25) is 0 Å². The van der Waals surface area contributed by atoms with E-state index in [-0.39, 0.29) is 37.4 Å². The van der Waals surface area contributed by atoms with E-state index in [9.17, 15) is 19.5 Å². The van der Waals surface area contributed by atoms with Gasteiger partial charge in [0.05, 0.1) is 12.7 Å². The average molecular weight is 658 g/mol. The first kappa shape index (κ1) is 29.4. The largest absolute Gasteiger partial charge is 0.493 e. The zero-order chi connectivity index (χ0) is 28.5. The van der Waals surface area contributed by atoms with Crippen molar-refractivity contribution in [2.75, 3.05) is 6.61 Å². The first-order valence-electron chi connectivity index (χ1n) is 13.3. The van der Waals surface area contributed by atoms with E-state index >= 15 is 0 Å². The Labute approximate surface area is 246 Å². The molecule has 0 saturated heterocycles. The van der Waals surface area contributed by atoms with Crippen molar-refractivity contribution >= 4 is 40.4 Å². The second-order valence-corrected chi connectivity index (χ2v) is 11.1. The number of aliphatic carboxylic acids is 2. The lowest BCUT2D eigenvalue weighted by Crippen LogP contribution is -2.33. The van der Waals surface area contributed by atoms with Gasteiger partial charge in [-0.1, -0.05) is 42.5 Å². The molecule has 0 radical (unpaired) electrons. The third kappa shape index (κ3) is 8.45. The summed E-state index contributed by atoms with van der Waals surface area (Å²) in [6.07, 6.45) is 2.18. The monoisotopic (exact) mass is 657 g/mol. The molecule has 3 aromatic rings. The summed E-state index contributed by atoms with van der Waals surface area (Å²) < 4.78 is 13.0. The number of hydrogen-bond donors (Lipinski definition) is 3. The summed E-state index contributed by atoms with van der Waals surface area (Å²) >= 11 is 2.18. The molecule has 0 aliphatic heterocycles. The molecule has 0 spiro atoms. The highest BCUT2D eigenvalue weighted by Gasteiger charge is 2.34. The van der Waals surface area contributed by atoms with Crippen molar-refractivity contribution in [2.45, 2.75) is 57.1 Å². The summed E-state index contributed by atoms with van der Waals surface area (Å²) in [4.78, 5) is 34.9. The maximum Gasteiger partial charge on any atom is 0.303 e. The Bertz CT molecular complexity index is 1340. The molecule has 1 aliphatic rings. The second-order valence-electron chi connectivity index (χ2n) is 9.82. The van der Waals surface area contributed by atoms with Crippen LogP contribution in [-0.2, 0) is 22.6 Å². The fraction of sp³-hybridized carbons (Fsp3) is 0.323. The lowest BCUT2D eigenvalue weighted by molar-refractivity contribution is -0.138. The van der Waals surface area contributed by atoms with E-state index in [0.717, 1.165) is 33.1 Å². The van der Waals surface area contributed by atoms with Crippen molar-refractivity contribution in [1.29, 1.82) is 0 Å². The van der Waals surface area contributed by atoms with Crippen molar-refractivity contribution in [3.05, 3.63) is 92.6 Å². The molecule has 1 fully saturated rings. The van der Waals surface area contributed by atoms with Gasteiger partial charge in [0.1, 0.15) is 11.5 Å². The van der Waals surface area contributed by atoms with Gasteiger partial charge in [-0.15, -0.1) is 0 Å². The standard InChI is InChI=1S/C31H32INO7/c32-23-14-22(31(38)33-19-20-6-2-1-3-7-20)17-25(18-23)40-24-15-21(16-24)26-8-4-9-28(27(26)11-12-30(36)37)39-13-5-10-29(34)35/h1-4,6-9,14,17-18,21,24H,5,10-13,15-16,19H2,(H,33,38)(H,34,35)(H,36,37). The van der Waals surface area contributed by atoms with E-state index < -0.39 is 11.9 Å². The summed E-state index contributed by atoms with van der Waals surface area (Å²) in [5, 5.41) is 21.1. The molecule has 0 aromatic heterocycles. The van der Waals surface area contributed by atoms with Crippen molar-refractivity contribution in [3.8, 4) is 11.5 Å². The lowest BCUT2D eigenvalue weighted by atomic mass is 9.75. The molecule has 8 nitrogen and oxygen atoms in total. The van der Waals surface area contributed by atoms with Gasteiger partial charge in [0.2, 0.25) is 0 Å². The molecule has 3 aromatic carbocycles.